The second kappa shape index (κ2) is 8.19. The fraction of sp³-hybridized carbons (Fsp3) is 0.400. The summed E-state index contributed by atoms with van der Waals surface area (Å²) in [5.41, 5.74) is 2.77. The molecule has 0 aliphatic heterocycles. The number of carbonyl (C=O) groups is 1. The first-order valence-corrected chi connectivity index (χ1v) is 5.96. The van der Waals surface area contributed by atoms with Gasteiger partial charge in [-0.15, -0.1) is 0 Å². The number of methoxy groups -OCH3 is 1. The molecule has 0 aromatic heterocycles. The molecule has 4 nitrogen and oxygen atoms in total. The summed E-state index contributed by atoms with van der Waals surface area (Å²) in [6, 6.07) is 0. The monoisotopic (exact) mass is 262 g/mol. The minimum absolute atomic E-state index is 0.0204. The summed E-state index contributed by atoms with van der Waals surface area (Å²) >= 11 is 0. The van der Waals surface area contributed by atoms with E-state index in [-0.39, 0.29) is 5.78 Å². The number of carbonyl (C=O) groups excluding carboxylic acids is 1. The highest BCUT2D eigenvalue weighted by Gasteiger charge is 2.02. The fourth-order valence-electron chi connectivity index (χ4n) is 1.04. The SMILES string of the molecule is C=C(C=N/C=C(\C)OC)C(C)=N/C(C)=C(\C)C(C)=O. The van der Waals surface area contributed by atoms with Crippen LogP contribution in [0.5, 0.6) is 0 Å². The highest BCUT2D eigenvalue weighted by molar-refractivity contribution is 6.15. The van der Waals surface area contributed by atoms with Gasteiger partial charge in [0.15, 0.2) is 5.78 Å². The van der Waals surface area contributed by atoms with Gasteiger partial charge >= 0.3 is 0 Å². The van der Waals surface area contributed by atoms with E-state index >= 15 is 0 Å². The van der Waals surface area contributed by atoms with E-state index in [4.69, 9.17) is 4.74 Å². The first-order chi connectivity index (χ1) is 8.79. The molecule has 0 rings (SSSR count). The van der Waals surface area contributed by atoms with Crippen LogP contribution in [0.2, 0.25) is 0 Å². The fourth-order valence-corrected chi connectivity index (χ4v) is 1.04. The molecule has 0 N–H and O–H groups in total. The van der Waals surface area contributed by atoms with Crippen LogP contribution in [-0.4, -0.2) is 24.8 Å². The van der Waals surface area contributed by atoms with Gasteiger partial charge in [0.05, 0.1) is 13.3 Å². The van der Waals surface area contributed by atoms with Crippen LogP contribution in [0.25, 0.3) is 0 Å². The molecule has 0 aromatic carbocycles. The molecule has 0 radical (unpaired) electrons. The van der Waals surface area contributed by atoms with E-state index in [0.29, 0.717) is 22.6 Å². The molecule has 4 heteroatoms. The zero-order valence-corrected chi connectivity index (χ0v) is 12.6. The quantitative estimate of drug-likeness (QED) is 0.418. The van der Waals surface area contributed by atoms with Crippen molar-refractivity contribution in [3.8, 4) is 0 Å². The van der Waals surface area contributed by atoms with Crippen molar-refractivity contribution in [2.45, 2.75) is 34.6 Å². The molecule has 19 heavy (non-hydrogen) atoms. The molecule has 0 saturated carbocycles. The van der Waals surface area contributed by atoms with Crippen LogP contribution in [0.15, 0.2) is 45.4 Å². The number of nitrogens with zero attached hydrogens (tertiary/aromatic N) is 2. The Kier molecular flexibility index (Phi) is 7.34. The van der Waals surface area contributed by atoms with Gasteiger partial charge in [0.2, 0.25) is 0 Å². The predicted octanol–water partition coefficient (Wildman–Crippen LogP) is 3.46. The van der Waals surface area contributed by atoms with Gasteiger partial charge in [-0.05, 0) is 34.6 Å². The Hall–Kier alpha value is -1.97. The predicted molar refractivity (Wildman–Crippen MR) is 80.6 cm³/mol. The number of hydrogen-bond donors (Lipinski definition) is 0. The Bertz CT molecular complexity index is 480. The van der Waals surface area contributed by atoms with Gasteiger partial charge < -0.3 is 4.74 Å². The zero-order chi connectivity index (χ0) is 15.0. The molecule has 0 aliphatic rings. The number of rotatable bonds is 6. The number of ketones is 1. The van der Waals surface area contributed by atoms with E-state index in [1.807, 2.05) is 13.8 Å². The van der Waals surface area contributed by atoms with Crippen molar-refractivity contribution in [2.75, 3.05) is 7.11 Å². The smallest absolute Gasteiger partial charge is 0.157 e. The Morgan fingerprint density at radius 3 is 2.21 bits per heavy atom. The van der Waals surface area contributed by atoms with Crippen molar-refractivity contribution in [1.82, 2.24) is 0 Å². The summed E-state index contributed by atoms with van der Waals surface area (Å²) in [4.78, 5) is 19.6. The summed E-state index contributed by atoms with van der Waals surface area (Å²) < 4.78 is 4.96. The molecule has 104 valence electrons. The van der Waals surface area contributed by atoms with Crippen molar-refractivity contribution < 1.29 is 9.53 Å². The number of aliphatic imine (C=N–C) groups is 2. The van der Waals surface area contributed by atoms with Crippen molar-refractivity contribution in [2.24, 2.45) is 9.98 Å². The largest absolute Gasteiger partial charge is 0.500 e. The first-order valence-electron chi connectivity index (χ1n) is 5.96. The van der Waals surface area contributed by atoms with Crippen molar-refractivity contribution >= 4 is 17.7 Å². The molecule has 0 unspecified atom stereocenters. The molecule has 0 aliphatic carbocycles. The van der Waals surface area contributed by atoms with Crippen molar-refractivity contribution in [1.29, 1.82) is 0 Å². The van der Waals surface area contributed by atoms with E-state index < -0.39 is 0 Å². The van der Waals surface area contributed by atoms with Gasteiger partial charge in [0.25, 0.3) is 0 Å². The third-order valence-electron chi connectivity index (χ3n) is 2.68. The van der Waals surface area contributed by atoms with Gasteiger partial charge in [-0.25, -0.2) is 0 Å². The zero-order valence-electron chi connectivity index (χ0n) is 12.6. The van der Waals surface area contributed by atoms with E-state index in [1.54, 1.807) is 33.4 Å². The van der Waals surface area contributed by atoms with Gasteiger partial charge in [-0.1, -0.05) is 6.58 Å². The van der Waals surface area contributed by atoms with Gasteiger partial charge in [0.1, 0.15) is 5.76 Å². The number of hydrogen-bond acceptors (Lipinski definition) is 4. The minimum Gasteiger partial charge on any atom is -0.500 e. The number of Topliss-reactive ketones (excluding diaryl/α,β-unsaturated/α-hetero) is 1. The van der Waals surface area contributed by atoms with Crippen LogP contribution in [-0.2, 0) is 9.53 Å². The molecule has 0 bridgehead atoms. The van der Waals surface area contributed by atoms with Crippen LogP contribution < -0.4 is 0 Å². The summed E-state index contributed by atoms with van der Waals surface area (Å²) in [7, 11) is 1.58. The maximum absolute atomic E-state index is 11.2. The van der Waals surface area contributed by atoms with Crippen molar-refractivity contribution in [3.63, 3.8) is 0 Å². The summed E-state index contributed by atoms with van der Waals surface area (Å²) in [6.07, 6.45) is 3.21. The lowest BCUT2D eigenvalue weighted by molar-refractivity contribution is -0.113. The molecular formula is C15H22N2O2. The average molecular weight is 262 g/mol. The molecule has 0 heterocycles. The molecule has 0 amide bonds. The highest BCUT2D eigenvalue weighted by Crippen LogP contribution is 2.08. The van der Waals surface area contributed by atoms with E-state index in [2.05, 4.69) is 16.6 Å². The maximum Gasteiger partial charge on any atom is 0.157 e. The first kappa shape index (κ1) is 17.0. The second-order valence-corrected chi connectivity index (χ2v) is 4.21. The lowest BCUT2D eigenvalue weighted by Gasteiger charge is -2.02. The summed E-state index contributed by atoms with van der Waals surface area (Å²) in [6.45, 7) is 12.6. The van der Waals surface area contributed by atoms with Crippen molar-refractivity contribution in [3.05, 3.63) is 35.4 Å². The standard InChI is InChI=1S/C15H22N2O2/c1-10(8-16-9-11(2)19-7)13(4)17-14(5)12(3)15(6)18/h8-9H,1H2,2-7H3/b11-9+,14-12+,16-8?,17-13?. The molecule has 0 aromatic rings. The van der Waals surface area contributed by atoms with Crippen LogP contribution in [0.3, 0.4) is 0 Å². The van der Waals surface area contributed by atoms with Crippen LogP contribution in [0, 0.1) is 0 Å². The third-order valence-corrected chi connectivity index (χ3v) is 2.68. The number of ether oxygens (including phenoxy) is 1. The Morgan fingerprint density at radius 2 is 1.74 bits per heavy atom. The second-order valence-electron chi connectivity index (χ2n) is 4.21. The van der Waals surface area contributed by atoms with Crippen LogP contribution >= 0.6 is 0 Å². The third kappa shape index (κ3) is 6.50. The van der Waals surface area contributed by atoms with E-state index in [0.717, 1.165) is 5.71 Å². The lowest BCUT2D eigenvalue weighted by Crippen LogP contribution is -2.00. The molecule has 0 saturated heterocycles. The molecule has 0 fully saturated rings. The Balaban J connectivity index is 4.94. The molecule has 0 spiro atoms. The van der Waals surface area contributed by atoms with Gasteiger partial charge in [-0.2, -0.15) is 0 Å². The van der Waals surface area contributed by atoms with E-state index in [9.17, 15) is 4.79 Å². The normalized spacial score (nSPS) is 14.4. The van der Waals surface area contributed by atoms with Gasteiger partial charge in [-0.3, -0.25) is 14.8 Å². The minimum atomic E-state index is 0.0204. The summed E-state index contributed by atoms with van der Waals surface area (Å²) in [5, 5.41) is 0. The molecule has 0 atom stereocenters. The maximum atomic E-state index is 11.2. The average Bonchev–Trinajstić information content (AvgIpc) is 2.36. The lowest BCUT2D eigenvalue weighted by atomic mass is 10.1. The number of allylic oxidation sites excluding steroid dienone is 4. The molecular weight excluding hydrogens is 240 g/mol. The highest BCUT2D eigenvalue weighted by atomic mass is 16.5. The topological polar surface area (TPSA) is 51.0 Å². The summed E-state index contributed by atoms with van der Waals surface area (Å²) in [5.74, 6) is 0.731. The van der Waals surface area contributed by atoms with E-state index in [1.165, 1.54) is 6.92 Å². The van der Waals surface area contributed by atoms with Gasteiger partial charge in [0, 0.05) is 28.8 Å². The van der Waals surface area contributed by atoms with Crippen LogP contribution in [0.4, 0.5) is 0 Å². The Labute approximate surface area is 115 Å². The van der Waals surface area contributed by atoms with Crippen LogP contribution in [0.1, 0.15) is 34.6 Å². The Morgan fingerprint density at radius 1 is 1.16 bits per heavy atom.